The van der Waals surface area contributed by atoms with Gasteiger partial charge in [-0.3, -0.25) is 0 Å². The summed E-state index contributed by atoms with van der Waals surface area (Å²) in [4.78, 5) is 0. The van der Waals surface area contributed by atoms with Crippen molar-refractivity contribution in [3.05, 3.63) is 179 Å². The third-order valence-electron chi connectivity index (χ3n) is 12.5. The molecule has 1 aromatic heterocycles. The smallest absolute Gasteiger partial charge is 0.0434 e. The van der Waals surface area contributed by atoms with Crippen molar-refractivity contribution < 1.29 is 0 Å². The summed E-state index contributed by atoms with van der Waals surface area (Å²) in [5.74, 6) is 0. The summed E-state index contributed by atoms with van der Waals surface area (Å²) in [6.45, 7) is 13.6. The normalized spacial score (nSPS) is 12.0. The van der Waals surface area contributed by atoms with Crippen molar-refractivity contribution in [1.82, 2.24) is 0 Å². The second-order valence-electron chi connectivity index (χ2n) is 16.3. The zero-order chi connectivity index (χ0) is 38.7. The molecule has 9 aromatic carbocycles. The zero-order valence-corrected chi connectivity index (χ0v) is 34.1. The van der Waals surface area contributed by atoms with Crippen molar-refractivity contribution >= 4 is 53.1 Å². The highest BCUT2D eigenvalue weighted by atomic mass is 32.1. The Labute approximate surface area is 338 Å². The predicted molar refractivity (Wildman–Crippen MR) is 249 cm³/mol. The Balaban J connectivity index is 1.26. The highest BCUT2D eigenvalue weighted by Gasteiger charge is 2.33. The van der Waals surface area contributed by atoms with Crippen molar-refractivity contribution in [2.75, 3.05) is 0 Å². The van der Waals surface area contributed by atoms with Gasteiger partial charge in [0.2, 0.25) is 0 Å². The lowest BCUT2D eigenvalue weighted by molar-refractivity contribution is 1.32. The second-order valence-corrected chi connectivity index (χ2v) is 17.3. The molecule has 0 saturated carbocycles. The largest absolute Gasteiger partial charge is 0.134 e. The lowest BCUT2D eigenvalue weighted by Crippen LogP contribution is -1.99. The quantitative estimate of drug-likeness (QED) is 0.168. The lowest BCUT2D eigenvalue weighted by atomic mass is 9.79. The Morgan fingerprint density at radius 1 is 0.298 bits per heavy atom. The van der Waals surface area contributed by atoms with E-state index in [0.717, 1.165) is 0 Å². The van der Waals surface area contributed by atoms with Gasteiger partial charge in [-0.2, -0.15) is 0 Å². The molecule has 1 heteroatoms. The average molecular weight is 747 g/mol. The second kappa shape index (κ2) is 12.6. The van der Waals surface area contributed by atoms with Crippen LogP contribution in [0.15, 0.2) is 146 Å². The Bertz CT molecular complexity index is 3180. The first kappa shape index (κ1) is 34.0. The van der Waals surface area contributed by atoms with Crippen molar-refractivity contribution in [1.29, 1.82) is 0 Å². The van der Waals surface area contributed by atoms with Crippen LogP contribution >= 0.6 is 11.3 Å². The van der Waals surface area contributed by atoms with E-state index < -0.39 is 0 Å². The third kappa shape index (κ3) is 4.92. The number of hydrogen-bond donors (Lipinski definition) is 0. The monoisotopic (exact) mass is 746 g/mol. The summed E-state index contributed by atoms with van der Waals surface area (Å²) in [7, 11) is 0. The molecule has 0 fully saturated rings. The van der Waals surface area contributed by atoms with Crippen LogP contribution < -0.4 is 0 Å². The fraction of sp³-hybridized carbons (Fsp3) is 0.107. The van der Waals surface area contributed by atoms with Gasteiger partial charge >= 0.3 is 0 Å². The molecule has 1 aliphatic rings. The Kier molecular flexibility index (Phi) is 7.53. The van der Waals surface area contributed by atoms with Gasteiger partial charge in [-0.05, 0) is 147 Å². The van der Waals surface area contributed by atoms with Crippen LogP contribution in [-0.2, 0) is 0 Å². The summed E-state index contributed by atoms with van der Waals surface area (Å²) in [6, 6.07) is 55.1. The highest BCUT2D eigenvalue weighted by Crippen LogP contribution is 2.60. The predicted octanol–water partition coefficient (Wildman–Crippen LogP) is 16.5. The standard InChI is InChI=1S/C56H42S/c1-31-27-33(3)48(34(4)28-31)51-41-17-10-11-18-42(41)52(49-35(5)29-32(2)30-36(49)6)54-47-26-25-39(40-20-13-24-46(50(40)47)53(51)54)43-21-14-23-45-44-22-12-19-38(55(44)57-56(43)45)37-15-8-7-9-16-37/h7-30H,1-6H3. The van der Waals surface area contributed by atoms with E-state index in [1.54, 1.807) is 0 Å². The van der Waals surface area contributed by atoms with E-state index in [4.69, 9.17) is 0 Å². The first-order chi connectivity index (χ1) is 27.8. The highest BCUT2D eigenvalue weighted by molar-refractivity contribution is 7.26. The molecule has 0 atom stereocenters. The van der Waals surface area contributed by atoms with Crippen molar-refractivity contribution in [3.8, 4) is 66.8 Å². The molecule has 10 aromatic rings. The van der Waals surface area contributed by atoms with E-state index in [2.05, 4.69) is 187 Å². The van der Waals surface area contributed by atoms with E-state index in [1.165, 1.54) is 142 Å². The van der Waals surface area contributed by atoms with Crippen molar-refractivity contribution in [2.24, 2.45) is 0 Å². The molecule has 1 aliphatic carbocycles. The van der Waals surface area contributed by atoms with E-state index in [0.29, 0.717) is 0 Å². The topological polar surface area (TPSA) is 0 Å². The van der Waals surface area contributed by atoms with Crippen molar-refractivity contribution in [2.45, 2.75) is 41.5 Å². The molecular weight excluding hydrogens is 705 g/mol. The van der Waals surface area contributed by atoms with Crippen LogP contribution in [0.2, 0.25) is 0 Å². The molecule has 0 saturated heterocycles. The SMILES string of the molecule is Cc1cc(C)c(-c2c3c(c(-c4c(C)cc(C)cc4C)c4ccccc24)-c2ccc(-c4cccc5c4sc4c(-c6ccccc6)cccc45)c4cccc-3c24)c(C)c1. The first-order valence-corrected chi connectivity index (χ1v) is 20.9. The van der Waals surface area contributed by atoms with Gasteiger partial charge in [-0.25, -0.2) is 0 Å². The maximum absolute atomic E-state index is 2.45. The Hall–Kier alpha value is -6.28. The molecule has 0 amide bonds. The van der Waals surface area contributed by atoms with Gasteiger partial charge < -0.3 is 0 Å². The summed E-state index contributed by atoms with van der Waals surface area (Å²) in [5.41, 5.74) is 23.9. The van der Waals surface area contributed by atoms with Gasteiger partial charge in [-0.1, -0.05) is 157 Å². The summed E-state index contributed by atoms with van der Waals surface area (Å²) in [5, 5.41) is 7.94. The minimum Gasteiger partial charge on any atom is -0.134 e. The maximum atomic E-state index is 2.45. The van der Waals surface area contributed by atoms with Gasteiger partial charge in [0.15, 0.2) is 0 Å². The van der Waals surface area contributed by atoms with E-state index in [9.17, 15) is 0 Å². The first-order valence-electron chi connectivity index (χ1n) is 20.1. The van der Waals surface area contributed by atoms with Gasteiger partial charge in [0.25, 0.3) is 0 Å². The molecule has 0 radical (unpaired) electrons. The number of benzene rings is 9. The minimum atomic E-state index is 1.26. The number of rotatable bonds is 4. The van der Waals surface area contributed by atoms with E-state index in [1.807, 2.05) is 11.3 Å². The molecule has 272 valence electrons. The van der Waals surface area contributed by atoms with E-state index >= 15 is 0 Å². The molecule has 0 unspecified atom stereocenters. The lowest BCUT2D eigenvalue weighted by Gasteiger charge is -2.24. The molecule has 57 heavy (non-hydrogen) atoms. The molecular formula is C56H42S. The fourth-order valence-corrected chi connectivity index (χ4v) is 11.9. The number of fused-ring (bicyclic) bond motifs is 7. The van der Waals surface area contributed by atoms with Gasteiger partial charge in [0.05, 0.1) is 0 Å². The fourth-order valence-electron chi connectivity index (χ4n) is 10.6. The summed E-state index contributed by atoms with van der Waals surface area (Å²) >= 11 is 1.93. The van der Waals surface area contributed by atoms with Crippen LogP contribution in [0.4, 0.5) is 0 Å². The van der Waals surface area contributed by atoms with Crippen LogP contribution in [0.1, 0.15) is 33.4 Å². The van der Waals surface area contributed by atoms with Crippen LogP contribution in [0.5, 0.6) is 0 Å². The molecule has 1 heterocycles. The third-order valence-corrected chi connectivity index (χ3v) is 13.8. The summed E-state index contributed by atoms with van der Waals surface area (Å²) < 4.78 is 2.69. The van der Waals surface area contributed by atoms with Crippen LogP contribution in [-0.4, -0.2) is 0 Å². The van der Waals surface area contributed by atoms with Crippen molar-refractivity contribution in [3.63, 3.8) is 0 Å². The molecule has 0 bridgehead atoms. The zero-order valence-electron chi connectivity index (χ0n) is 33.3. The maximum Gasteiger partial charge on any atom is 0.0434 e. The number of thiophene rings is 1. The molecule has 0 spiro atoms. The number of aryl methyl sites for hydroxylation is 6. The van der Waals surface area contributed by atoms with Gasteiger partial charge in [0.1, 0.15) is 0 Å². The van der Waals surface area contributed by atoms with E-state index in [-0.39, 0.29) is 0 Å². The molecule has 0 aliphatic heterocycles. The average Bonchev–Trinajstić information content (AvgIpc) is 3.75. The Morgan fingerprint density at radius 2 is 0.719 bits per heavy atom. The minimum absolute atomic E-state index is 1.26. The summed E-state index contributed by atoms with van der Waals surface area (Å²) in [6.07, 6.45) is 0. The van der Waals surface area contributed by atoms with Crippen LogP contribution in [0, 0.1) is 41.5 Å². The molecule has 0 N–H and O–H groups in total. The van der Waals surface area contributed by atoms with Gasteiger partial charge in [0, 0.05) is 25.7 Å². The Morgan fingerprint density at radius 3 is 1.28 bits per heavy atom. The van der Waals surface area contributed by atoms with Gasteiger partial charge in [-0.15, -0.1) is 11.3 Å². The van der Waals surface area contributed by atoms with Crippen LogP contribution in [0.3, 0.4) is 0 Å². The number of hydrogen-bond acceptors (Lipinski definition) is 1. The van der Waals surface area contributed by atoms with Crippen LogP contribution in [0.25, 0.3) is 108 Å². The molecule has 11 rings (SSSR count). The molecule has 0 nitrogen and oxygen atoms in total.